The average Bonchev–Trinajstić information content (AvgIpc) is 2.76. The first kappa shape index (κ1) is 24.4. The number of carbonyl (C=O) groups excluding carboxylic acids is 1. The fourth-order valence-corrected chi connectivity index (χ4v) is 4.60. The van der Waals surface area contributed by atoms with Crippen LogP contribution in [0.5, 0.6) is 0 Å². The number of nitrogens with zero attached hydrogens (tertiary/aromatic N) is 3. The summed E-state index contributed by atoms with van der Waals surface area (Å²) in [6.07, 6.45) is 5.48. The summed E-state index contributed by atoms with van der Waals surface area (Å²) in [5.74, 6) is 0.234. The van der Waals surface area contributed by atoms with Crippen LogP contribution in [-0.2, 0) is 16.4 Å². The second-order valence-corrected chi connectivity index (χ2v) is 9.82. The number of hydrogen-bond acceptors (Lipinski definition) is 6. The lowest BCUT2D eigenvalue weighted by Crippen LogP contribution is -2.45. The van der Waals surface area contributed by atoms with Gasteiger partial charge in [0.2, 0.25) is 0 Å². The smallest absolute Gasteiger partial charge is 0.413 e. The molecule has 1 aliphatic rings. The molecule has 0 saturated heterocycles. The Morgan fingerprint density at radius 1 is 1.09 bits per heavy atom. The van der Waals surface area contributed by atoms with Crippen molar-refractivity contribution in [1.29, 1.82) is 0 Å². The number of benzene rings is 1. The fraction of sp³-hybridized carbons (Fsp3) is 0.455. The van der Waals surface area contributed by atoms with Crippen molar-refractivity contribution in [2.45, 2.75) is 63.3 Å². The van der Waals surface area contributed by atoms with Crippen molar-refractivity contribution in [1.82, 2.24) is 20.0 Å². The third-order valence-corrected chi connectivity index (χ3v) is 7.06. The molecule has 3 N–H and O–H groups in total. The van der Waals surface area contributed by atoms with E-state index < -0.39 is 22.1 Å². The third-order valence-electron chi connectivity index (χ3n) is 5.71. The minimum Gasteiger partial charge on any atom is -0.465 e. The van der Waals surface area contributed by atoms with Crippen molar-refractivity contribution in [2.24, 2.45) is 0 Å². The lowest BCUT2D eigenvalue weighted by atomic mass is 9.96. The van der Waals surface area contributed by atoms with Crippen LogP contribution in [0.25, 0.3) is 0 Å². The van der Waals surface area contributed by atoms with Gasteiger partial charge in [-0.1, -0.05) is 31.4 Å². The molecular weight excluding hydrogens is 446 g/mol. The van der Waals surface area contributed by atoms with Crippen LogP contribution in [0.3, 0.4) is 0 Å². The maximum absolute atomic E-state index is 12.5. The number of anilines is 1. The standard InChI is InChI=1S/C22H29N5O5S/c1-15-16(2)24-20(14-23-15)27(22(29)30)13-12-17-8-10-19(11-9-17)33(31,32)26-21(28)25-18-6-4-3-5-7-18/h8-11,14,18H,3-7,12-13H2,1-2H3,(H,29,30)(H2,25,26,28). The van der Waals surface area contributed by atoms with Gasteiger partial charge >= 0.3 is 12.1 Å². The fourth-order valence-electron chi connectivity index (χ4n) is 3.69. The van der Waals surface area contributed by atoms with E-state index in [4.69, 9.17) is 0 Å². The number of aromatic nitrogens is 2. The summed E-state index contributed by atoms with van der Waals surface area (Å²) >= 11 is 0. The average molecular weight is 476 g/mol. The summed E-state index contributed by atoms with van der Waals surface area (Å²) in [5.41, 5.74) is 2.11. The van der Waals surface area contributed by atoms with Gasteiger partial charge in [-0.3, -0.25) is 9.88 Å². The second-order valence-electron chi connectivity index (χ2n) is 8.14. The molecule has 0 radical (unpaired) electrons. The van der Waals surface area contributed by atoms with Gasteiger partial charge in [-0.25, -0.2) is 27.7 Å². The zero-order valence-electron chi connectivity index (χ0n) is 18.7. The molecule has 3 rings (SSSR count). The predicted molar refractivity (Wildman–Crippen MR) is 123 cm³/mol. The molecule has 11 heteroatoms. The van der Waals surface area contributed by atoms with E-state index in [1.807, 2.05) is 0 Å². The quantitative estimate of drug-likeness (QED) is 0.558. The summed E-state index contributed by atoms with van der Waals surface area (Å²) < 4.78 is 27.1. The van der Waals surface area contributed by atoms with E-state index in [1.54, 1.807) is 26.0 Å². The van der Waals surface area contributed by atoms with Gasteiger partial charge in [0.05, 0.1) is 22.5 Å². The lowest BCUT2D eigenvalue weighted by Gasteiger charge is -2.22. The molecular formula is C22H29N5O5S. The van der Waals surface area contributed by atoms with Crippen molar-refractivity contribution in [3.05, 3.63) is 47.4 Å². The van der Waals surface area contributed by atoms with Crippen LogP contribution < -0.4 is 14.9 Å². The number of carbonyl (C=O) groups is 2. The second kappa shape index (κ2) is 10.6. The molecule has 33 heavy (non-hydrogen) atoms. The normalized spacial score (nSPS) is 14.5. The highest BCUT2D eigenvalue weighted by atomic mass is 32.2. The number of aryl methyl sites for hydroxylation is 2. The van der Waals surface area contributed by atoms with E-state index in [0.29, 0.717) is 12.1 Å². The Morgan fingerprint density at radius 3 is 2.36 bits per heavy atom. The van der Waals surface area contributed by atoms with E-state index in [9.17, 15) is 23.1 Å². The maximum Gasteiger partial charge on any atom is 0.413 e. The van der Waals surface area contributed by atoms with E-state index in [-0.39, 0.29) is 23.3 Å². The molecule has 3 amide bonds. The van der Waals surface area contributed by atoms with Crippen LogP contribution >= 0.6 is 0 Å². The van der Waals surface area contributed by atoms with Gasteiger partial charge in [0.15, 0.2) is 5.82 Å². The topological polar surface area (TPSA) is 142 Å². The Labute approximate surface area is 193 Å². The van der Waals surface area contributed by atoms with E-state index >= 15 is 0 Å². The minimum absolute atomic E-state index is 0.00415. The Hall–Kier alpha value is -3.21. The van der Waals surface area contributed by atoms with E-state index in [2.05, 4.69) is 20.0 Å². The summed E-state index contributed by atoms with van der Waals surface area (Å²) in [6.45, 7) is 3.68. The zero-order valence-corrected chi connectivity index (χ0v) is 19.6. The van der Waals surface area contributed by atoms with Gasteiger partial charge in [0, 0.05) is 12.6 Å². The first-order valence-electron chi connectivity index (χ1n) is 10.9. The van der Waals surface area contributed by atoms with Crippen molar-refractivity contribution in [2.75, 3.05) is 11.4 Å². The molecule has 178 valence electrons. The van der Waals surface area contributed by atoms with Gasteiger partial charge < -0.3 is 10.4 Å². The van der Waals surface area contributed by atoms with Gasteiger partial charge in [-0.15, -0.1) is 0 Å². The molecule has 0 atom stereocenters. The summed E-state index contributed by atoms with van der Waals surface area (Å²) in [5, 5.41) is 12.3. The van der Waals surface area contributed by atoms with Gasteiger partial charge in [0.1, 0.15) is 0 Å². The van der Waals surface area contributed by atoms with Crippen LogP contribution in [0.4, 0.5) is 15.4 Å². The van der Waals surface area contributed by atoms with Crippen LogP contribution in [0.15, 0.2) is 35.4 Å². The molecule has 0 spiro atoms. The first-order valence-corrected chi connectivity index (χ1v) is 12.4. The highest BCUT2D eigenvalue weighted by Gasteiger charge is 2.21. The molecule has 1 aromatic carbocycles. The van der Waals surface area contributed by atoms with Gasteiger partial charge in [0.25, 0.3) is 10.0 Å². The number of carboxylic acid groups (broad SMARTS) is 1. The zero-order chi connectivity index (χ0) is 24.0. The highest BCUT2D eigenvalue weighted by Crippen LogP contribution is 2.18. The van der Waals surface area contributed by atoms with E-state index in [0.717, 1.165) is 48.3 Å². The number of urea groups is 1. The molecule has 1 aromatic heterocycles. The predicted octanol–water partition coefficient (Wildman–Crippen LogP) is 3.14. The molecule has 1 fully saturated rings. The molecule has 2 aromatic rings. The number of hydrogen-bond donors (Lipinski definition) is 3. The Balaban J connectivity index is 1.60. The lowest BCUT2D eigenvalue weighted by molar-refractivity contribution is 0.201. The molecule has 0 unspecified atom stereocenters. The number of rotatable bonds is 7. The Morgan fingerprint density at radius 2 is 1.76 bits per heavy atom. The molecule has 0 aliphatic heterocycles. The number of sulfonamides is 1. The van der Waals surface area contributed by atoms with Gasteiger partial charge in [-0.2, -0.15) is 0 Å². The van der Waals surface area contributed by atoms with Crippen molar-refractivity contribution in [3.63, 3.8) is 0 Å². The minimum atomic E-state index is -4.01. The van der Waals surface area contributed by atoms with Crippen LogP contribution in [-0.4, -0.2) is 48.2 Å². The van der Waals surface area contributed by atoms with Crippen molar-refractivity contribution >= 4 is 28.0 Å². The van der Waals surface area contributed by atoms with E-state index in [1.165, 1.54) is 18.3 Å². The summed E-state index contributed by atoms with van der Waals surface area (Å²) in [7, 11) is -4.01. The Bertz CT molecular complexity index is 1100. The highest BCUT2D eigenvalue weighted by molar-refractivity contribution is 7.90. The molecule has 0 bridgehead atoms. The number of nitrogens with one attached hydrogen (secondary N) is 2. The SMILES string of the molecule is Cc1ncc(N(CCc2ccc(S(=O)(=O)NC(=O)NC3CCCCC3)cc2)C(=O)O)nc1C. The molecule has 1 heterocycles. The van der Waals surface area contributed by atoms with Gasteiger partial charge in [-0.05, 0) is 50.8 Å². The maximum atomic E-state index is 12.5. The molecule has 10 nitrogen and oxygen atoms in total. The van der Waals surface area contributed by atoms with Crippen molar-refractivity contribution < 1.29 is 23.1 Å². The molecule has 1 aliphatic carbocycles. The van der Waals surface area contributed by atoms with Crippen LogP contribution in [0.2, 0.25) is 0 Å². The third kappa shape index (κ3) is 6.64. The Kier molecular flexibility index (Phi) is 7.85. The largest absolute Gasteiger partial charge is 0.465 e. The molecule has 1 saturated carbocycles. The number of amides is 3. The first-order chi connectivity index (χ1) is 15.7. The van der Waals surface area contributed by atoms with Crippen LogP contribution in [0.1, 0.15) is 49.1 Å². The summed E-state index contributed by atoms with van der Waals surface area (Å²) in [4.78, 5) is 33.3. The summed E-state index contributed by atoms with van der Waals surface area (Å²) in [6, 6.07) is 5.26. The van der Waals surface area contributed by atoms with Crippen LogP contribution in [0, 0.1) is 13.8 Å². The monoisotopic (exact) mass is 475 g/mol. The van der Waals surface area contributed by atoms with Crippen molar-refractivity contribution in [3.8, 4) is 0 Å².